The summed E-state index contributed by atoms with van der Waals surface area (Å²) >= 11 is 5.75. The first-order valence-electron chi connectivity index (χ1n) is 6.11. The van der Waals surface area contributed by atoms with E-state index in [2.05, 4.69) is 0 Å². The van der Waals surface area contributed by atoms with Crippen LogP contribution in [0.1, 0.15) is 23.2 Å². The zero-order chi connectivity index (χ0) is 16.2. The van der Waals surface area contributed by atoms with Crippen LogP contribution in [0.4, 0.5) is 0 Å². The van der Waals surface area contributed by atoms with Gasteiger partial charge in [0.15, 0.2) is 9.84 Å². The van der Waals surface area contributed by atoms with Crippen molar-refractivity contribution < 1.29 is 23.1 Å². The number of amides is 1. The van der Waals surface area contributed by atoms with Gasteiger partial charge in [-0.25, -0.2) is 13.2 Å². The normalized spacial score (nSPS) is 11.2. The molecule has 1 N–H and O–H groups in total. The standard InChI is InChI=1S/C13H16ClNO5S/c1-15(2)12(16)4-3-7-21(19,20)9-5-6-10(13(17)18)11(14)8-9/h5-6,8H,3-4,7H2,1-2H3,(H,17,18). The lowest BCUT2D eigenvalue weighted by Crippen LogP contribution is -2.22. The van der Waals surface area contributed by atoms with E-state index < -0.39 is 15.8 Å². The van der Waals surface area contributed by atoms with Crippen LogP contribution in [0.2, 0.25) is 5.02 Å². The van der Waals surface area contributed by atoms with Gasteiger partial charge in [-0.1, -0.05) is 11.6 Å². The predicted molar refractivity (Wildman–Crippen MR) is 78.4 cm³/mol. The van der Waals surface area contributed by atoms with Gasteiger partial charge in [0, 0.05) is 20.5 Å². The van der Waals surface area contributed by atoms with Crippen LogP contribution in [0, 0.1) is 0 Å². The molecular weight excluding hydrogens is 318 g/mol. The van der Waals surface area contributed by atoms with Crippen molar-refractivity contribution in [3.63, 3.8) is 0 Å². The molecule has 1 aromatic carbocycles. The van der Waals surface area contributed by atoms with Crippen molar-refractivity contribution in [3.05, 3.63) is 28.8 Å². The molecule has 0 spiro atoms. The largest absolute Gasteiger partial charge is 0.478 e. The van der Waals surface area contributed by atoms with Gasteiger partial charge in [-0.15, -0.1) is 0 Å². The molecule has 0 aliphatic rings. The Morgan fingerprint density at radius 3 is 2.38 bits per heavy atom. The van der Waals surface area contributed by atoms with E-state index in [-0.39, 0.29) is 40.0 Å². The van der Waals surface area contributed by atoms with Gasteiger partial charge in [0.2, 0.25) is 5.91 Å². The summed E-state index contributed by atoms with van der Waals surface area (Å²) in [4.78, 5) is 23.5. The van der Waals surface area contributed by atoms with Gasteiger partial charge < -0.3 is 10.0 Å². The van der Waals surface area contributed by atoms with E-state index in [1.807, 2.05) is 0 Å². The maximum atomic E-state index is 12.1. The molecule has 0 fully saturated rings. The molecule has 0 saturated heterocycles. The highest BCUT2D eigenvalue weighted by atomic mass is 35.5. The summed E-state index contributed by atoms with van der Waals surface area (Å²) in [5, 5.41) is 8.71. The Bertz CT molecular complexity index is 655. The number of carbonyl (C=O) groups excluding carboxylic acids is 1. The number of nitrogens with zero attached hydrogens (tertiary/aromatic N) is 1. The lowest BCUT2D eigenvalue weighted by molar-refractivity contribution is -0.128. The fourth-order valence-corrected chi connectivity index (χ4v) is 3.28. The van der Waals surface area contributed by atoms with Crippen LogP contribution in [-0.4, -0.2) is 50.1 Å². The number of hydrogen-bond donors (Lipinski definition) is 1. The Morgan fingerprint density at radius 1 is 1.29 bits per heavy atom. The molecule has 0 heterocycles. The highest BCUT2D eigenvalue weighted by Gasteiger charge is 2.18. The minimum Gasteiger partial charge on any atom is -0.478 e. The Balaban J connectivity index is 2.82. The number of rotatable bonds is 6. The quantitative estimate of drug-likeness (QED) is 0.855. The number of benzene rings is 1. The van der Waals surface area contributed by atoms with Crippen LogP contribution in [0.3, 0.4) is 0 Å². The Kier molecular flexibility index (Phi) is 5.74. The fraction of sp³-hybridized carbons (Fsp3) is 0.385. The lowest BCUT2D eigenvalue weighted by atomic mass is 10.2. The molecular formula is C13H16ClNO5S. The highest BCUT2D eigenvalue weighted by molar-refractivity contribution is 7.91. The first-order valence-corrected chi connectivity index (χ1v) is 8.14. The molecule has 0 aromatic heterocycles. The van der Waals surface area contributed by atoms with Crippen molar-refractivity contribution in [2.24, 2.45) is 0 Å². The van der Waals surface area contributed by atoms with Gasteiger partial charge in [0.1, 0.15) is 0 Å². The second kappa shape index (κ2) is 6.91. The molecule has 0 aliphatic carbocycles. The third-order valence-corrected chi connectivity index (χ3v) is 4.94. The van der Waals surface area contributed by atoms with Gasteiger partial charge in [-0.3, -0.25) is 4.79 Å². The summed E-state index contributed by atoms with van der Waals surface area (Å²) < 4.78 is 24.2. The molecule has 0 bridgehead atoms. The number of aromatic carboxylic acids is 1. The van der Waals surface area contributed by atoms with Crippen LogP contribution in [-0.2, 0) is 14.6 Å². The zero-order valence-electron chi connectivity index (χ0n) is 11.7. The van der Waals surface area contributed by atoms with Crippen molar-refractivity contribution in [1.82, 2.24) is 4.90 Å². The Labute approximate surface area is 128 Å². The van der Waals surface area contributed by atoms with Crippen LogP contribution >= 0.6 is 11.6 Å². The number of carbonyl (C=O) groups is 2. The van der Waals surface area contributed by atoms with Crippen molar-refractivity contribution in [1.29, 1.82) is 0 Å². The number of carboxylic acid groups (broad SMARTS) is 1. The molecule has 1 rings (SSSR count). The molecule has 1 aromatic rings. The van der Waals surface area contributed by atoms with Crippen LogP contribution in [0.25, 0.3) is 0 Å². The third kappa shape index (κ3) is 4.71. The van der Waals surface area contributed by atoms with E-state index in [9.17, 15) is 18.0 Å². The lowest BCUT2D eigenvalue weighted by Gasteiger charge is -2.10. The minimum atomic E-state index is -3.59. The van der Waals surface area contributed by atoms with Crippen LogP contribution in [0.5, 0.6) is 0 Å². The van der Waals surface area contributed by atoms with Gasteiger partial charge in [-0.2, -0.15) is 0 Å². The summed E-state index contributed by atoms with van der Waals surface area (Å²) in [6.07, 6.45) is 0.324. The van der Waals surface area contributed by atoms with Crippen LogP contribution in [0.15, 0.2) is 23.1 Å². The summed E-state index contributed by atoms with van der Waals surface area (Å²) in [7, 11) is -0.398. The topological polar surface area (TPSA) is 91.8 Å². The highest BCUT2D eigenvalue weighted by Crippen LogP contribution is 2.22. The maximum absolute atomic E-state index is 12.1. The van der Waals surface area contributed by atoms with E-state index >= 15 is 0 Å². The summed E-state index contributed by atoms with van der Waals surface area (Å²) in [6.45, 7) is 0. The van der Waals surface area contributed by atoms with Crippen molar-refractivity contribution in [2.75, 3.05) is 19.8 Å². The Hall–Kier alpha value is -1.60. The van der Waals surface area contributed by atoms with Gasteiger partial charge in [0.05, 0.1) is 21.2 Å². The summed E-state index contributed by atoms with van der Waals surface area (Å²) in [6, 6.07) is 3.48. The van der Waals surface area contributed by atoms with E-state index in [0.717, 1.165) is 12.1 Å². The fourth-order valence-electron chi connectivity index (χ4n) is 1.62. The molecule has 0 atom stereocenters. The van der Waals surface area contributed by atoms with E-state index in [1.54, 1.807) is 14.1 Å². The maximum Gasteiger partial charge on any atom is 0.337 e. The van der Waals surface area contributed by atoms with Crippen molar-refractivity contribution in [2.45, 2.75) is 17.7 Å². The number of halogens is 1. The number of hydrogen-bond acceptors (Lipinski definition) is 4. The third-order valence-electron chi connectivity index (χ3n) is 2.83. The summed E-state index contributed by atoms with van der Waals surface area (Å²) in [5.74, 6) is -1.57. The smallest absolute Gasteiger partial charge is 0.337 e. The van der Waals surface area contributed by atoms with E-state index in [0.29, 0.717) is 0 Å². The molecule has 0 radical (unpaired) electrons. The molecule has 8 heteroatoms. The molecule has 0 aliphatic heterocycles. The average molecular weight is 334 g/mol. The van der Waals surface area contributed by atoms with Crippen molar-refractivity contribution in [3.8, 4) is 0 Å². The van der Waals surface area contributed by atoms with E-state index in [4.69, 9.17) is 16.7 Å². The first-order chi connectivity index (χ1) is 9.65. The zero-order valence-corrected chi connectivity index (χ0v) is 13.2. The predicted octanol–water partition coefficient (Wildman–Crippen LogP) is 1.68. The second-order valence-corrected chi connectivity index (χ2v) is 7.17. The number of sulfone groups is 1. The molecule has 0 unspecified atom stereocenters. The number of carboxylic acids is 1. The van der Waals surface area contributed by atoms with E-state index in [1.165, 1.54) is 11.0 Å². The second-order valence-electron chi connectivity index (χ2n) is 4.66. The van der Waals surface area contributed by atoms with Gasteiger partial charge >= 0.3 is 5.97 Å². The molecule has 116 valence electrons. The minimum absolute atomic E-state index is 0.0465. The Morgan fingerprint density at radius 2 is 1.90 bits per heavy atom. The molecule has 0 saturated carbocycles. The SMILES string of the molecule is CN(C)C(=O)CCCS(=O)(=O)c1ccc(C(=O)O)c(Cl)c1. The molecule has 1 amide bonds. The van der Waals surface area contributed by atoms with Gasteiger partial charge in [-0.05, 0) is 24.6 Å². The first kappa shape index (κ1) is 17.5. The molecule has 21 heavy (non-hydrogen) atoms. The van der Waals surface area contributed by atoms with Crippen LogP contribution < -0.4 is 0 Å². The van der Waals surface area contributed by atoms with Crippen molar-refractivity contribution >= 4 is 33.3 Å². The summed E-state index contributed by atoms with van der Waals surface area (Å²) in [5.41, 5.74) is -0.154. The average Bonchev–Trinajstić information content (AvgIpc) is 2.37. The van der Waals surface area contributed by atoms with Gasteiger partial charge in [0.25, 0.3) is 0 Å². The monoisotopic (exact) mass is 333 g/mol. The molecule has 6 nitrogen and oxygen atoms in total.